The molecule has 1 aliphatic heterocycles. The van der Waals surface area contributed by atoms with Gasteiger partial charge >= 0.3 is 0 Å². The standard InChI is InChI=1S/C15H21N5/c1-16-13-7-9-19(10-8-13)12-14-11-17-20(18-14)15-5-3-2-4-6-15/h2-6,11,13,16H,7-10,12H2,1H3. The van der Waals surface area contributed by atoms with Crippen molar-refractivity contribution in [1.29, 1.82) is 0 Å². The molecule has 0 atom stereocenters. The van der Waals surface area contributed by atoms with E-state index in [1.165, 1.54) is 12.8 Å². The Morgan fingerprint density at radius 3 is 2.65 bits per heavy atom. The highest BCUT2D eigenvalue weighted by atomic mass is 15.5. The molecule has 1 aliphatic rings. The minimum absolute atomic E-state index is 0.672. The van der Waals surface area contributed by atoms with Gasteiger partial charge in [0.15, 0.2) is 0 Å². The van der Waals surface area contributed by atoms with Gasteiger partial charge in [-0.2, -0.15) is 15.0 Å². The minimum atomic E-state index is 0.672. The summed E-state index contributed by atoms with van der Waals surface area (Å²) in [6, 6.07) is 10.7. The van der Waals surface area contributed by atoms with Crippen LogP contribution in [0.15, 0.2) is 36.5 Å². The lowest BCUT2D eigenvalue weighted by Gasteiger charge is -2.30. The summed E-state index contributed by atoms with van der Waals surface area (Å²) in [6.45, 7) is 3.15. The molecule has 2 aromatic rings. The van der Waals surface area contributed by atoms with Gasteiger partial charge < -0.3 is 5.32 Å². The summed E-state index contributed by atoms with van der Waals surface area (Å²) in [5, 5.41) is 12.3. The third-order valence-corrected chi connectivity index (χ3v) is 3.91. The molecule has 0 radical (unpaired) electrons. The van der Waals surface area contributed by atoms with Crippen LogP contribution in [0.1, 0.15) is 18.5 Å². The van der Waals surface area contributed by atoms with E-state index in [1.807, 2.05) is 43.6 Å². The topological polar surface area (TPSA) is 46.0 Å². The zero-order valence-corrected chi connectivity index (χ0v) is 11.9. The van der Waals surface area contributed by atoms with Gasteiger partial charge in [-0.05, 0) is 32.0 Å². The molecule has 5 heteroatoms. The molecule has 0 bridgehead atoms. The number of benzene rings is 1. The van der Waals surface area contributed by atoms with Crippen LogP contribution >= 0.6 is 0 Å². The smallest absolute Gasteiger partial charge is 0.0971 e. The van der Waals surface area contributed by atoms with E-state index in [9.17, 15) is 0 Å². The van der Waals surface area contributed by atoms with E-state index in [-0.39, 0.29) is 0 Å². The Morgan fingerprint density at radius 2 is 1.95 bits per heavy atom. The summed E-state index contributed by atoms with van der Waals surface area (Å²) in [6.07, 6.45) is 4.30. The molecule has 0 spiro atoms. The average Bonchev–Trinajstić information content (AvgIpc) is 2.97. The van der Waals surface area contributed by atoms with Crippen LogP contribution in [0.2, 0.25) is 0 Å². The molecule has 1 aromatic heterocycles. The summed E-state index contributed by atoms with van der Waals surface area (Å²) in [5.41, 5.74) is 2.05. The third kappa shape index (κ3) is 3.05. The SMILES string of the molecule is CNC1CCN(Cc2cnn(-c3ccccc3)n2)CC1. The molecule has 0 amide bonds. The van der Waals surface area contributed by atoms with Crippen LogP contribution in [0.5, 0.6) is 0 Å². The Morgan fingerprint density at radius 1 is 1.20 bits per heavy atom. The van der Waals surface area contributed by atoms with Gasteiger partial charge in [-0.3, -0.25) is 4.90 Å². The van der Waals surface area contributed by atoms with Crippen molar-refractivity contribution >= 4 is 0 Å². The number of piperidine rings is 1. The lowest BCUT2D eigenvalue weighted by atomic mass is 10.1. The van der Waals surface area contributed by atoms with E-state index >= 15 is 0 Å². The Kier molecular flexibility index (Phi) is 4.08. The maximum Gasteiger partial charge on any atom is 0.0971 e. The number of rotatable bonds is 4. The summed E-state index contributed by atoms with van der Waals surface area (Å²) >= 11 is 0. The molecular weight excluding hydrogens is 250 g/mol. The van der Waals surface area contributed by atoms with Crippen molar-refractivity contribution in [2.45, 2.75) is 25.4 Å². The Bertz CT molecular complexity index is 528. The number of likely N-dealkylation sites (tertiary alicyclic amines) is 1. The van der Waals surface area contributed by atoms with E-state index in [1.54, 1.807) is 4.80 Å². The molecule has 1 N–H and O–H groups in total. The first kappa shape index (κ1) is 13.3. The fourth-order valence-electron chi connectivity index (χ4n) is 2.66. The maximum absolute atomic E-state index is 4.56. The van der Waals surface area contributed by atoms with Crippen LogP contribution in [0, 0.1) is 0 Å². The maximum atomic E-state index is 4.56. The van der Waals surface area contributed by atoms with Gasteiger partial charge in [0.25, 0.3) is 0 Å². The predicted octanol–water partition coefficient (Wildman–Crippen LogP) is 1.45. The van der Waals surface area contributed by atoms with Gasteiger partial charge in [-0.1, -0.05) is 18.2 Å². The second-order valence-corrected chi connectivity index (χ2v) is 5.30. The second kappa shape index (κ2) is 6.15. The zero-order chi connectivity index (χ0) is 13.8. The largest absolute Gasteiger partial charge is 0.317 e. The fourth-order valence-corrected chi connectivity index (χ4v) is 2.66. The van der Waals surface area contributed by atoms with Crippen LogP contribution in [0.4, 0.5) is 0 Å². The molecule has 0 saturated carbocycles. The monoisotopic (exact) mass is 271 g/mol. The molecule has 0 unspecified atom stereocenters. The molecule has 1 fully saturated rings. The summed E-state index contributed by atoms with van der Waals surface area (Å²) in [5.74, 6) is 0. The lowest BCUT2D eigenvalue weighted by molar-refractivity contribution is 0.192. The highest BCUT2D eigenvalue weighted by Gasteiger charge is 2.18. The Balaban J connectivity index is 1.61. The van der Waals surface area contributed by atoms with Gasteiger partial charge in [-0.25, -0.2) is 0 Å². The highest BCUT2D eigenvalue weighted by molar-refractivity contribution is 5.28. The van der Waals surface area contributed by atoms with E-state index in [2.05, 4.69) is 20.4 Å². The number of nitrogens with one attached hydrogen (secondary N) is 1. The summed E-state index contributed by atoms with van der Waals surface area (Å²) < 4.78 is 0. The van der Waals surface area contributed by atoms with Crippen molar-refractivity contribution < 1.29 is 0 Å². The molecule has 1 aromatic carbocycles. The average molecular weight is 271 g/mol. The van der Waals surface area contributed by atoms with E-state index in [0.29, 0.717) is 6.04 Å². The number of hydrogen-bond acceptors (Lipinski definition) is 4. The molecule has 5 nitrogen and oxygen atoms in total. The van der Waals surface area contributed by atoms with E-state index in [0.717, 1.165) is 31.0 Å². The molecule has 3 rings (SSSR count). The first-order valence-electron chi connectivity index (χ1n) is 7.21. The van der Waals surface area contributed by atoms with E-state index < -0.39 is 0 Å². The third-order valence-electron chi connectivity index (χ3n) is 3.91. The lowest BCUT2D eigenvalue weighted by Crippen LogP contribution is -2.40. The molecule has 0 aliphatic carbocycles. The molecule has 20 heavy (non-hydrogen) atoms. The van der Waals surface area contributed by atoms with Crippen LogP contribution in [-0.2, 0) is 6.54 Å². The van der Waals surface area contributed by atoms with Crippen LogP contribution in [0.25, 0.3) is 5.69 Å². The molecule has 106 valence electrons. The molecule has 2 heterocycles. The van der Waals surface area contributed by atoms with Crippen molar-refractivity contribution in [3.8, 4) is 5.69 Å². The van der Waals surface area contributed by atoms with Gasteiger partial charge in [-0.15, -0.1) is 0 Å². The van der Waals surface area contributed by atoms with E-state index in [4.69, 9.17) is 0 Å². The van der Waals surface area contributed by atoms with Crippen LogP contribution in [-0.4, -0.2) is 46.1 Å². The van der Waals surface area contributed by atoms with Gasteiger partial charge in [0.05, 0.1) is 17.6 Å². The Hall–Kier alpha value is -1.72. The molecular formula is C15H21N5. The van der Waals surface area contributed by atoms with Crippen molar-refractivity contribution in [2.24, 2.45) is 0 Å². The van der Waals surface area contributed by atoms with Crippen molar-refractivity contribution in [1.82, 2.24) is 25.2 Å². The number of para-hydroxylation sites is 1. The summed E-state index contributed by atoms with van der Waals surface area (Å²) in [4.78, 5) is 4.16. The predicted molar refractivity (Wildman–Crippen MR) is 78.7 cm³/mol. The van der Waals surface area contributed by atoms with Crippen molar-refractivity contribution in [3.63, 3.8) is 0 Å². The van der Waals surface area contributed by atoms with Crippen LogP contribution < -0.4 is 5.32 Å². The Labute approximate surface area is 119 Å². The fraction of sp³-hybridized carbons (Fsp3) is 0.467. The first-order valence-corrected chi connectivity index (χ1v) is 7.21. The van der Waals surface area contributed by atoms with Gasteiger partial charge in [0.1, 0.15) is 0 Å². The summed E-state index contributed by atoms with van der Waals surface area (Å²) in [7, 11) is 2.05. The number of nitrogens with zero attached hydrogens (tertiary/aromatic N) is 4. The first-order chi connectivity index (χ1) is 9.85. The molecule has 1 saturated heterocycles. The number of aromatic nitrogens is 3. The number of hydrogen-bond donors (Lipinski definition) is 1. The minimum Gasteiger partial charge on any atom is -0.317 e. The second-order valence-electron chi connectivity index (χ2n) is 5.30. The quantitative estimate of drug-likeness (QED) is 0.914. The van der Waals surface area contributed by atoms with Gasteiger partial charge in [0.2, 0.25) is 0 Å². The van der Waals surface area contributed by atoms with Gasteiger partial charge in [0, 0.05) is 25.7 Å². The normalized spacial score (nSPS) is 17.4. The van der Waals surface area contributed by atoms with Crippen LogP contribution in [0.3, 0.4) is 0 Å². The van der Waals surface area contributed by atoms with Crippen molar-refractivity contribution in [2.75, 3.05) is 20.1 Å². The van der Waals surface area contributed by atoms with Crippen molar-refractivity contribution in [3.05, 3.63) is 42.2 Å². The highest BCUT2D eigenvalue weighted by Crippen LogP contribution is 2.13. The zero-order valence-electron chi connectivity index (χ0n) is 11.9.